The van der Waals surface area contributed by atoms with E-state index in [-0.39, 0.29) is 5.54 Å². The number of rotatable bonds is 1. The van der Waals surface area contributed by atoms with Crippen molar-refractivity contribution >= 4 is 9.73 Å². The second-order valence-electron chi connectivity index (χ2n) is 5.03. The van der Waals surface area contributed by atoms with Crippen LogP contribution in [0.15, 0.2) is 4.36 Å². The maximum atomic E-state index is 12.2. The Morgan fingerprint density at radius 2 is 1.69 bits per heavy atom. The van der Waals surface area contributed by atoms with Crippen LogP contribution in [0.5, 0.6) is 0 Å². The van der Waals surface area contributed by atoms with Gasteiger partial charge in [-0.15, -0.1) is 0 Å². The van der Waals surface area contributed by atoms with Gasteiger partial charge >= 0.3 is 0 Å². The van der Waals surface area contributed by atoms with Crippen molar-refractivity contribution in [3.8, 4) is 0 Å². The number of hydrogen-bond acceptors (Lipinski definition) is 2. The smallest absolute Gasteiger partial charge is 0.0618 e. The first-order valence-corrected chi connectivity index (χ1v) is 7.02. The van der Waals surface area contributed by atoms with Crippen LogP contribution in [0, 0.1) is 0 Å². The zero-order chi connectivity index (χ0) is 10.1. The van der Waals surface area contributed by atoms with Gasteiger partial charge in [-0.2, -0.15) is 0 Å². The third kappa shape index (κ3) is 3.29. The number of nitrogens with zero attached hydrogens (tertiary/aromatic N) is 1. The Morgan fingerprint density at radius 3 is 2.08 bits per heavy atom. The second kappa shape index (κ2) is 3.60. The predicted octanol–water partition coefficient (Wildman–Crippen LogP) is 2.83. The molecule has 1 fully saturated rings. The molecule has 1 aliphatic carbocycles. The molecule has 0 spiro atoms. The molecular formula is C10H21NOS. The van der Waals surface area contributed by atoms with Gasteiger partial charge in [-0.25, -0.2) is 8.57 Å². The Hall–Kier alpha value is -0.0500. The van der Waals surface area contributed by atoms with Crippen LogP contribution >= 0.6 is 0 Å². The lowest BCUT2D eigenvalue weighted by Gasteiger charge is -2.18. The third-order valence-corrected chi connectivity index (χ3v) is 4.99. The fraction of sp³-hybridized carbons (Fsp3) is 1.00. The third-order valence-electron chi connectivity index (χ3n) is 2.38. The highest BCUT2D eigenvalue weighted by atomic mass is 32.2. The monoisotopic (exact) mass is 203 g/mol. The summed E-state index contributed by atoms with van der Waals surface area (Å²) in [4.78, 5) is 0. The van der Waals surface area contributed by atoms with Gasteiger partial charge in [-0.1, -0.05) is 12.8 Å². The Labute approximate surface area is 82.3 Å². The number of hydrogen-bond donors (Lipinski definition) is 0. The molecule has 0 aromatic heterocycles. The summed E-state index contributed by atoms with van der Waals surface area (Å²) in [7, 11) is -1.94. The van der Waals surface area contributed by atoms with Gasteiger partial charge < -0.3 is 0 Å². The van der Waals surface area contributed by atoms with Gasteiger partial charge in [0.2, 0.25) is 0 Å². The van der Waals surface area contributed by atoms with Crippen molar-refractivity contribution in [2.75, 3.05) is 6.26 Å². The van der Waals surface area contributed by atoms with Crippen molar-refractivity contribution in [1.29, 1.82) is 0 Å². The Bertz CT molecular complexity index is 276. The zero-order valence-electron chi connectivity index (χ0n) is 9.17. The quantitative estimate of drug-likeness (QED) is 0.644. The highest BCUT2D eigenvalue weighted by Crippen LogP contribution is 2.27. The summed E-state index contributed by atoms with van der Waals surface area (Å²) < 4.78 is 16.7. The Kier molecular flexibility index (Phi) is 3.05. The van der Waals surface area contributed by atoms with E-state index in [1.165, 1.54) is 12.8 Å². The second-order valence-corrected chi connectivity index (χ2v) is 7.60. The van der Waals surface area contributed by atoms with Crippen molar-refractivity contribution in [3.05, 3.63) is 0 Å². The SMILES string of the molecule is CC(C)(C)N=S(C)(=O)C1CCCC1. The molecule has 13 heavy (non-hydrogen) atoms. The van der Waals surface area contributed by atoms with Crippen LogP contribution in [0.25, 0.3) is 0 Å². The maximum absolute atomic E-state index is 12.2. The zero-order valence-corrected chi connectivity index (χ0v) is 9.99. The molecule has 0 aromatic carbocycles. The van der Waals surface area contributed by atoms with Crippen LogP contribution in [0.1, 0.15) is 46.5 Å². The molecule has 1 unspecified atom stereocenters. The minimum atomic E-state index is -1.94. The minimum Gasteiger partial charge on any atom is -0.250 e. The highest BCUT2D eigenvalue weighted by Gasteiger charge is 2.25. The summed E-state index contributed by atoms with van der Waals surface area (Å²) in [5, 5.41) is 0.353. The minimum absolute atomic E-state index is 0.158. The summed E-state index contributed by atoms with van der Waals surface area (Å²) in [6, 6.07) is 0. The molecule has 0 bridgehead atoms. The molecule has 0 radical (unpaired) electrons. The first-order chi connectivity index (χ1) is 5.81. The summed E-state index contributed by atoms with van der Waals surface area (Å²) >= 11 is 0. The highest BCUT2D eigenvalue weighted by molar-refractivity contribution is 7.93. The van der Waals surface area contributed by atoms with Crippen molar-refractivity contribution in [2.24, 2.45) is 4.36 Å². The predicted molar refractivity (Wildman–Crippen MR) is 58.5 cm³/mol. The molecule has 1 saturated carbocycles. The molecule has 3 heteroatoms. The van der Waals surface area contributed by atoms with Crippen LogP contribution < -0.4 is 0 Å². The fourth-order valence-electron chi connectivity index (χ4n) is 1.94. The standard InChI is InChI=1S/C10H21NOS/c1-10(2,3)11-13(4,12)9-7-5-6-8-9/h9H,5-8H2,1-4H3. The molecule has 1 rings (SSSR count). The Balaban J connectivity index is 2.87. The van der Waals surface area contributed by atoms with Crippen molar-refractivity contribution in [1.82, 2.24) is 0 Å². The van der Waals surface area contributed by atoms with Crippen molar-refractivity contribution in [2.45, 2.75) is 57.2 Å². The van der Waals surface area contributed by atoms with E-state index in [0.717, 1.165) is 12.8 Å². The lowest BCUT2D eigenvalue weighted by Crippen LogP contribution is -2.21. The van der Waals surface area contributed by atoms with Gasteiger partial charge in [0.05, 0.1) is 5.54 Å². The van der Waals surface area contributed by atoms with Gasteiger partial charge in [-0.3, -0.25) is 0 Å². The topological polar surface area (TPSA) is 29.4 Å². The summed E-state index contributed by atoms with van der Waals surface area (Å²) in [6.45, 7) is 6.06. The molecule has 2 nitrogen and oxygen atoms in total. The molecule has 0 saturated heterocycles. The van der Waals surface area contributed by atoms with Crippen molar-refractivity contribution in [3.63, 3.8) is 0 Å². The van der Waals surface area contributed by atoms with Crippen LogP contribution in [0.4, 0.5) is 0 Å². The van der Waals surface area contributed by atoms with E-state index in [1.54, 1.807) is 0 Å². The van der Waals surface area contributed by atoms with E-state index in [4.69, 9.17) is 0 Å². The van der Waals surface area contributed by atoms with Gasteiger partial charge in [0, 0.05) is 21.2 Å². The normalized spacial score (nSPS) is 24.3. The van der Waals surface area contributed by atoms with E-state index in [2.05, 4.69) is 4.36 Å². The van der Waals surface area contributed by atoms with Gasteiger partial charge in [-0.05, 0) is 33.6 Å². The average molecular weight is 203 g/mol. The molecular weight excluding hydrogens is 182 g/mol. The molecule has 0 heterocycles. The van der Waals surface area contributed by atoms with Gasteiger partial charge in [0.1, 0.15) is 0 Å². The van der Waals surface area contributed by atoms with Crippen LogP contribution in [-0.4, -0.2) is 21.3 Å². The first kappa shape index (κ1) is 11.0. The average Bonchev–Trinajstić information content (AvgIpc) is 2.29. The lowest BCUT2D eigenvalue weighted by atomic mass is 10.1. The van der Waals surface area contributed by atoms with Gasteiger partial charge in [0.25, 0.3) is 0 Å². The van der Waals surface area contributed by atoms with E-state index in [9.17, 15) is 4.21 Å². The van der Waals surface area contributed by atoms with E-state index in [0.29, 0.717) is 5.25 Å². The van der Waals surface area contributed by atoms with Gasteiger partial charge in [0.15, 0.2) is 0 Å². The van der Waals surface area contributed by atoms with Crippen LogP contribution in [0.3, 0.4) is 0 Å². The summed E-state index contributed by atoms with van der Waals surface area (Å²) in [5.74, 6) is 0. The first-order valence-electron chi connectivity index (χ1n) is 5.03. The van der Waals surface area contributed by atoms with E-state index < -0.39 is 9.73 Å². The molecule has 1 atom stereocenters. The Morgan fingerprint density at radius 1 is 1.23 bits per heavy atom. The summed E-state index contributed by atoms with van der Waals surface area (Å²) in [5.41, 5.74) is -0.158. The van der Waals surface area contributed by atoms with Crippen molar-refractivity contribution < 1.29 is 4.21 Å². The van der Waals surface area contributed by atoms with Crippen LogP contribution in [0.2, 0.25) is 0 Å². The largest absolute Gasteiger partial charge is 0.250 e. The molecule has 0 amide bonds. The summed E-state index contributed by atoms with van der Waals surface area (Å²) in [6.07, 6.45) is 6.50. The van der Waals surface area contributed by atoms with Crippen LogP contribution in [-0.2, 0) is 9.73 Å². The molecule has 0 aliphatic heterocycles. The molecule has 0 aromatic rings. The van der Waals surface area contributed by atoms with E-state index in [1.807, 2.05) is 27.0 Å². The molecule has 0 N–H and O–H groups in total. The molecule has 78 valence electrons. The maximum Gasteiger partial charge on any atom is 0.0618 e. The lowest BCUT2D eigenvalue weighted by molar-refractivity contribution is 0.578. The fourth-order valence-corrected chi connectivity index (χ4v) is 4.39. The van der Waals surface area contributed by atoms with E-state index >= 15 is 0 Å². The molecule has 1 aliphatic rings.